The lowest BCUT2D eigenvalue weighted by molar-refractivity contribution is -0.135. The number of hydrogen-bond donors (Lipinski definition) is 0. The summed E-state index contributed by atoms with van der Waals surface area (Å²) in [7, 11) is 0. The molecule has 0 bridgehead atoms. The first kappa shape index (κ1) is 15.1. The normalized spacial score (nSPS) is 12.7. The number of benzene rings is 2. The van der Waals surface area contributed by atoms with Gasteiger partial charge in [-0.3, -0.25) is 0 Å². The molecule has 0 saturated heterocycles. The molecule has 0 aliphatic carbocycles. The van der Waals surface area contributed by atoms with Gasteiger partial charge in [-0.1, -0.05) is 54.6 Å². The summed E-state index contributed by atoms with van der Waals surface area (Å²) in [6.45, 7) is 0. The van der Waals surface area contributed by atoms with Gasteiger partial charge in [-0.2, -0.15) is 18.4 Å². The van der Waals surface area contributed by atoms with E-state index in [0.717, 1.165) is 11.1 Å². The Morgan fingerprint density at radius 3 is 2.00 bits per heavy atom. The Balaban J connectivity index is 2.12. The SMILES string of the molecule is N#C[C@@H](CCC(F)(F)F)c1ccc(-c2ccccc2)cc1. The van der Waals surface area contributed by atoms with Crippen LogP contribution >= 0.6 is 0 Å². The van der Waals surface area contributed by atoms with Gasteiger partial charge in [-0.05, 0) is 23.1 Å². The van der Waals surface area contributed by atoms with E-state index in [-0.39, 0.29) is 6.42 Å². The first-order chi connectivity index (χ1) is 9.99. The Kier molecular flexibility index (Phi) is 4.64. The largest absolute Gasteiger partial charge is 0.389 e. The van der Waals surface area contributed by atoms with Crippen molar-refractivity contribution in [3.8, 4) is 17.2 Å². The van der Waals surface area contributed by atoms with Crippen LogP contribution in [0.1, 0.15) is 24.3 Å². The Bertz CT molecular complexity index is 609. The standard InChI is InChI=1S/C17H14F3N/c18-17(19,20)11-10-16(12-21)15-8-6-14(7-9-15)13-4-2-1-3-5-13/h1-9,16H,10-11H2/t16-/m1/s1. The molecule has 0 saturated carbocycles. The molecule has 0 aliphatic heterocycles. The number of rotatable bonds is 4. The van der Waals surface area contributed by atoms with E-state index in [2.05, 4.69) is 0 Å². The zero-order chi connectivity index (χ0) is 15.3. The van der Waals surface area contributed by atoms with Crippen LogP contribution in [0.25, 0.3) is 11.1 Å². The molecule has 0 unspecified atom stereocenters. The lowest BCUT2D eigenvalue weighted by atomic mass is 9.93. The highest BCUT2D eigenvalue weighted by Crippen LogP contribution is 2.29. The van der Waals surface area contributed by atoms with Crippen molar-refractivity contribution >= 4 is 0 Å². The second-order valence-electron chi connectivity index (χ2n) is 4.82. The van der Waals surface area contributed by atoms with Gasteiger partial charge >= 0.3 is 6.18 Å². The van der Waals surface area contributed by atoms with Gasteiger partial charge in [0.15, 0.2) is 0 Å². The number of nitrogens with zero attached hydrogens (tertiary/aromatic N) is 1. The van der Waals surface area contributed by atoms with E-state index in [4.69, 9.17) is 5.26 Å². The molecule has 4 heteroatoms. The molecule has 1 nitrogen and oxygen atoms in total. The van der Waals surface area contributed by atoms with Crippen LogP contribution in [0.15, 0.2) is 54.6 Å². The molecule has 2 aromatic carbocycles. The fourth-order valence-electron chi connectivity index (χ4n) is 2.15. The monoisotopic (exact) mass is 289 g/mol. The molecular formula is C17H14F3N. The summed E-state index contributed by atoms with van der Waals surface area (Å²) < 4.78 is 36.7. The molecule has 0 N–H and O–H groups in total. The molecule has 0 aliphatic rings. The van der Waals surface area contributed by atoms with Crippen molar-refractivity contribution in [3.05, 3.63) is 60.2 Å². The quantitative estimate of drug-likeness (QED) is 0.749. The van der Waals surface area contributed by atoms with Gasteiger partial charge in [0, 0.05) is 6.42 Å². The molecule has 21 heavy (non-hydrogen) atoms. The van der Waals surface area contributed by atoms with E-state index >= 15 is 0 Å². The minimum absolute atomic E-state index is 0.204. The van der Waals surface area contributed by atoms with E-state index in [9.17, 15) is 13.2 Å². The summed E-state index contributed by atoms with van der Waals surface area (Å²) in [5.41, 5.74) is 2.64. The zero-order valence-corrected chi connectivity index (χ0v) is 11.3. The van der Waals surface area contributed by atoms with Gasteiger partial charge in [0.25, 0.3) is 0 Å². The van der Waals surface area contributed by atoms with E-state index in [1.54, 1.807) is 12.1 Å². The predicted octanol–water partition coefficient (Wildman–Crippen LogP) is 5.30. The highest BCUT2D eigenvalue weighted by atomic mass is 19.4. The molecule has 0 amide bonds. The third kappa shape index (κ3) is 4.35. The van der Waals surface area contributed by atoms with E-state index in [1.807, 2.05) is 48.5 Å². The first-order valence-electron chi connectivity index (χ1n) is 6.61. The Labute approximate surface area is 121 Å². The minimum atomic E-state index is -4.22. The number of alkyl halides is 3. The summed E-state index contributed by atoms with van der Waals surface area (Å²) in [4.78, 5) is 0. The molecule has 0 heterocycles. The predicted molar refractivity (Wildman–Crippen MR) is 75.5 cm³/mol. The lowest BCUT2D eigenvalue weighted by Gasteiger charge is -2.12. The van der Waals surface area contributed by atoms with Gasteiger partial charge in [0.05, 0.1) is 12.0 Å². The average Bonchev–Trinajstić information content (AvgIpc) is 2.48. The maximum atomic E-state index is 12.2. The molecule has 2 rings (SSSR count). The summed E-state index contributed by atoms with van der Waals surface area (Å²) in [6.07, 6.45) is -5.37. The average molecular weight is 289 g/mol. The van der Waals surface area contributed by atoms with Gasteiger partial charge < -0.3 is 0 Å². The van der Waals surface area contributed by atoms with Crippen molar-refractivity contribution in [1.82, 2.24) is 0 Å². The number of nitriles is 1. The summed E-state index contributed by atoms with van der Waals surface area (Å²) in [5.74, 6) is -0.726. The third-order valence-corrected chi connectivity index (χ3v) is 3.29. The van der Waals surface area contributed by atoms with Crippen LogP contribution < -0.4 is 0 Å². The van der Waals surface area contributed by atoms with Crippen LogP contribution in [0.2, 0.25) is 0 Å². The van der Waals surface area contributed by atoms with E-state index in [0.29, 0.717) is 5.56 Å². The zero-order valence-electron chi connectivity index (χ0n) is 11.3. The maximum Gasteiger partial charge on any atom is 0.389 e. The molecule has 108 valence electrons. The molecule has 0 aromatic heterocycles. The molecule has 1 atom stereocenters. The maximum absolute atomic E-state index is 12.2. The van der Waals surface area contributed by atoms with Crippen molar-refractivity contribution < 1.29 is 13.2 Å². The van der Waals surface area contributed by atoms with E-state index in [1.165, 1.54) is 0 Å². The van der Waals surface area contributed by atoms with E-state index < -0.39 is 18.5 Å². The van der Waals surface area contributed by atoms with Gasteiger partial charge in [-0.15, -0.1) is 0 Å². The Morgan fingerprint density at radius 2 is 1.48 bits per heavy atom. The van der Waals surface area contributed by atoms with Gasteiger partial charge in [0.1, 0.15) is 0 Å². The molecule has 2 aromatic rings. The third-order valence-electron chi connectivity index (χ3n) is 3.29. The van der Waals surface area contributed by atoms with Crippen LogP contribution in [0, 0.1) is 11.3 Å². The van der Waals surface area contributed by atoms with Crippen molar-refractivity contribution in [2.45, 2.75) is 24.9 Å². The fraction of sp³-hybridized carbons (Fsp3) is 0.235. The number of hydrogen-bond acceptors (Lipinski definition) is 1. The Hall–Kier alpha value is -2.28. The molecule has 0 spiro atoms. The van der Waals surface area contributed by atoms with Crippen LogP contribution in [0.5, 0.6) is 0 Å². The second-order valence-corrected chi connectivity index (χ2v) is 4.82. The Morgan fingerprint density at radius 1 is 0.905 bits per heavy atom. The van der Waals surface area contributed by atoms with Crippen LogP contribution in [-0.2, 0) is 0 Å². The van der Waals surface area contributed by atoms with Gasteiger partial charge in [-0.25, -0.2) is 0 Å². The van der Waals surface area contributed by atoms with Gasteiger partial charge in [0.2, 0.25) is 0 Å². The lowest BCUT2D eigenvalue weighted by Crippen LogP contribution is -2.09. The van der Waals surface area contributed by atoms with Crippen molar-refractivity contribution in [1.29, 1.82) is 5.26 Å². The van der Waals surface area contributed by atoms with Crippen LogP contribution in [-0.4, -0.2) is 6.18 Å². The first-order valence-corrected chi connectivity index (χ1v) is 6.61. The van der Waals surface area contributed by atoms with Crippen LogP contribution in [0.4, 0.5) is 13.2 Å². The number of halogens is 3. The van der Waals surface area contributed by atoms with Crippen molar-refractivity contribution in [2.24, 2.45) is 0 Å². The molecule has 0 radical (unpaired) electrons. The van der Waals surface area contributed by atoms with Crippen molar-refractivity contribution in [2.75, 3.05) is 0 Å². The smallest absolute Gasteiger partial charge is 0.198 e. The highest BCUT2D eigenvalue weighted by molar-refractivity contribution is 5.63. The summed E-state index contributed by atoms with van der Waals surface area (Å²) in [6, 6.07) is 18.8. The molecular weight excluding hydrogens is 275 g/mol. The summed E-state index contributed by atoms with van der Waals surface area (Å²) in [5, 5.41) is 9.05. The minimum Gasteiger partial charge on any atom is -0.198 e. The fourth-order valence-corrected chi connectivity index (χ4v) is 2.15. The summed E-state index contributed by atoms with van der Waals surface area (Å²) >= 11 is 0. The molecule has 0 fully saturated rings. The van der Waals surface area contributed by atoms with Crippen LogP contribution in [0.3, 0.4) is 0 Å². The topological polar surface area (TPSA) is 23.8 Å². The highest BCUT2D eigenvalue weighted by Gasteiger charge is 2.28. The van der Waals surface area contributed by atoms with Crippen molar-refractivity contribution in [3.63, 3.8) is 0 Å². The second kappa shape index (κ2) is 6.45.